The second-order valence-corrected chi connectivity index (χ2v) is 0.447. The molecule has 0 aliphatic rings. The van der Waals surface area contributed by atoms with E-state index in [-0.39, 0.29) is 85.3 Å². The molecule has 0 bridgehead atoms. The summed E-state index contributed by atoms with van der Waals surface area (Å²) < 4.78 is 0. The van der Waals surface area contributed by atoms with Gasteiger partial charge in [0.2, 0.25) is 0 Å². The Bertz CT molecular complexity index is 83.7. The number of rotatable bonds is 0. The maximum absolute atomic E-state index is 8.25. The molecule has 0 amide bonds. The molecular formula is H7AlFN4O7Sr+. The van der Waals surface area contributed by atoms with Gasteiger partial charge in [0.15, 0.2) is 0 Å². The summed E-state index contributed by atoms with van der Waals surface area (Å²) >= 11 is 0. The molecule has 0 radical (unpaired) electrons. The van der Waals surface area contributed by atoms with Gasteiger partial charge in [-0.25, -0.2) is 0 Å². The molecule has 0 atom stereocenters. The van der Waals surface area contributed by atoms with Crippen molar-refractivity contribution in [2.75, 3.05) is 0 Å². The molecule has 0 aromatic rings. The Morgan fingerprint density at radius 2 is 0.786 bits per heavy atom. The predicted molar refractivity (Wildman–Crippen MR) is 44.2 cm³/mol. The Labute approximate surface area is 125 Å². The van der Waals surface area contributed by atoms with E-state index in [0.29, 0.717) is 0 Å². The van der Waals surface area contributed by atoms with Gasteiger partial charge in [-0.2, -0.15) is 0 Å². The van der Waals surface area contributed by atoms with Crippen LogP contribution in [0.3, 0.4) is 0 Å². The average molecular weight is 309 g/mol. The van der Waals surface area contributed by atoms with Gasteiger partial charge in [0.05, 0.1) is 10.2 Å². The van der Waals surface area contributed by atoms with Crippen LogP contribution >= 0.6 is 0 Å². The standard InChI is InChI=1S/Al.FH.2NO3.2H3N.H2O.Sr/c;;2*2-1(3)4;;;;/h;1H;;;2*1H3;1H2;/q+3;;2*-1;;;;+2/p-2. The van der Waals surface area contributed by atoms with Crippen molar-refractivity contribution in [2.45, 2.75) is 0 Å². The smallest absolute Gasteiger partial charge is 1.00 e. The van der Waals surface area contributed by atoms with Crippen LogP contribution in [0.25, 0.3) is 0 Å². The van der Waals surface area contributed by atoms with Crippen LogP contribution in [0.1, 0.15) is 0 Å². The second-order valence-electron chi connectivity index (χ2n) is 0.447. The summed E-state index contributed by atoms with van der Waals surface area (Å²) in [4.78, 5) is 16.5. The molecule has 0 saturated heterocycles. The normalized spacial score (nSPS) is 3.43. The van der Waals surface area contributed by atoms with Gasteiger partial charge in [0.1, 0.15) is 0 Å². The van der Waals surface area contributed by atoms with Crippen LogP contribution in [0.4, 0.5) is 0 Å². The minimum atomic E-state index is -1.75. The monoisotopic (exact) mass is 309 g/mol. The SMILES string of the molecule is N.N.O=[N+]([O-])[O-].O=[N+]([O-])[O-].[Al+3].[F-].[OH-].[Sr+2]. The fourth-order valence-corrected chi connectivity index (χ4v) is 0. The molecule has 14 heavy (non-hydrogen) atoms. The van der Waals surface area contributed by atoms with Crippen LogP contribution in [-0.4, -0.2) is 78.5 Å². The van der Waals surface area contributed by atoms with Crippen LogP contribution in [0.15, 0.2) is 0 Å². The average Bonchev–Trinajstić information content (AvgIpc) is 1.25. The van der Waals surface area contributed by atoms with Crippen molar-refractivity contribution in [3.63, 3.8) is 0 Å². The molecular weight excluding hydrogens is 302 g/mol. The predicted octanol–water partition coefficient (Wildman–Crippen LogP) is -4.09. The first kappa shape index (κ1) is 64.2. The van der Waals surface area contributed by atoms with E-state index in [9.17, 15) is 0 Å². The third-order valence-electron chi connectivity index (χ3n) is 0. The minimum Gasteiger partial charge on any atom is -1.00 e. The topological polar surface area (TPSA) is 232 Å². The fourth-order valence-electron chi connectivity index (χ4n) is 0. The molecule has 0 spiro atoms. The van der Waals surface area contributed by atoms with Crippen LogP contribution in [0.5, 0.6) is 0 Å². The Kier molecular flexibility index (Phi) is 234. The number of hydrogen-bond donors (Lipinski definition) is 2. The quantitative estimate of drug-likeness (QED) is 0.251. The van der Waals surface area contributed by atoms with Gasteiger partial charge >= 0.3 is 62.8 Å². The van der Waals surface area contributed by atoms with Crippen molar-refractivity contribution in [3.05, 3.63) is 30.6 Å². The molecule has 0 heterocycles. The summed E-state index contributed by atoms with van der Waals surface area (Å²) in [5.41, 5.74) is 0. The van der Waals surface area contributed by atoms with Gasteiger partial charge in [-0.15, -0.1) is 0 Å². The van der Waals surface area contributed by atoms with Crippen LogP contribution in [-0.2, 0) is 0 Å². The van der Waals surface area contributed by atoms with E-state index in [1.165, 1.54) is 0 Å². The van der Waals surface area contributed by atoms with Crippen molar-refractivity contribution in [2.24, 2.45) is 0 Å². The van der Waals surface area contributed by atoms with Crippen LogP contribution < -0.4 is 17.0 Å². The molecule has 80 valence electrons. The van der Waals surface area contributed by atoms with Crippen LogP contribution in [0, 0.1) is 30.6 Å². The molecule has 0 aromatic heterocycles. The van der Waals surface area contributed by atoms with E-state index in [1.807, 2.05) is 0 Å². The summed E-state index contributed by atoms with van der Waals surface area (Å²) in [5.74, 6) is 0. The van der Waals surface area contributed by atoms with Gasteiger partial charge in [-0.1, -0.05) is 0 Å². The Balaban J connectivity index is -0.00000000600. The number of halogens is 1. The van der Waals surface area contributed by atoms with Gasteiger partial charge in [0, 0.05) is 0 Å². The molecule has 0 aromatic carbocycles. The van der Waals surface area contributed by atoms with Crippen molar-refractivity contribution < 1.29 is 20.4 Å². The zero-order chi connectivity index (χ0) is 7.15. The molecule has 14 heteroatoms. The summed E-state index contributed by atoms with van der Waals surface area (Å²) in [5, 5.41) is 29.5. The maximum atomic E-state index is 8.25. The third kappa shape index (κ3) is 31000. The maximum Gasteiger partial charge on any atom is 3.00 e. The molecule has 0 unspecified atom stereocenters. The van der Waals surface area contributed by atoms with Crippen molar-refractivity contribution in [1.29, 1.82) is 0 Å². The summed E-state index contributed by atoms with van der Waals surface area (Å²) in [6.07, 6.45) is 0. The van der Waals surface area contributed by atoms with Gasteiger partial charge in [-0.3, -0.25) is 0 Å². The van der Waals surface area contributed by atoms with Crippen molar-refractivity contribution >= 4 is 62.8 Å². The number of hydrogen-bond acceptors (Lipinski definition) is 9. The Hall–Kier alpha value is 0.223. The largest absolute Gasteiger partial charge is 3.00 e. The van der Waals surface area contributed by atoms with Gasteiger partial charge < -0.3 is 53.1 Å². The molecule has 0 aliphatic heterocycles. The van der Waals surface area contributed by atoms with Crippen molar-refractivity contribution in [1.82, 2.24) is 12.3 Å². The van der Waals surface area contributed by atoms with E-state index in [0.717, 1.165) is 0 Å². The molecule has 7 N–H and O–H groups in total. The first-order chi connectivity index (χ1) is 3.46. The Morgan fingerprint density at radius 3 is 0.786 bits per heavy atom. The van der Waals surface area contributed by atoms with E-state index < -0.39 is 10.2 Å². The van der Waals surface area contributed by atoms with E-state index in [1.54, 1.807) is 0 Å². The Morgan fingerprint density at radius 1 is 0.786 bits per heavy atom. The van der Waals surface area contributed by atoms with E-state index >= 15 is 0 Å². The first-order valence-corrected chi connectivity index (χ1v) is 1.10. The van der Waals surface area contributed by atoms with Crippen molar-refractivity contribution in [3.8, 4) is 0 Å². The van der Waals surface area contributed by atoms with Gasteiger partial charge in [-0.05, 0) is 0 Å². The van der Waals surface area contributed by atoms with Gasteiger partial charge in [0.25, 0.3) is 0 Å². The minimum absolute atomic E-state index is 0. The molecule has 0 saturated carbocycles. The molecule has 0 aliphatic carbocycles. The zero-order valence-electron chi connectivity index (χ0n) is 6.87. The summed E-state index contributed by atoms with van der Waals surface area (Å²) in [7, 11) is 0. The third-order valence-corrected chi connectivity index (χ3v) is 0. The second kappa shape index (κ2) is 51.0. The number of nitrogens with zero attached hydrogens (tertiary/aromatic N) is 2. The van der Waals surface area contributed by atoms with Crippen LogP contribution in [0.2, 0.25) is 0 Å². The van der Waals surface area contributed by atoms with E-state index in [2.05, 4.69) is 0 Å². The first-order valence-electron chi connectivity index (χ1n) is 1.10. The summed E-state index contributed by atoms with van der Waals surface area (Å²) in [6, 6.07) is 0. The summed E-state index contributed by atoms with van der Waals surface area (Å²) in [6.45, 7) is 0. The molecule has 0 rings (SSSR count). The molecule has 0 fully saturated rings. The zero-order valence-corrected chi connectivity index (χ0v) is 11.5. The molecule has 11 nitrogen and oxygen atoms in total. The fraction of sp³-hybridized carbons (Fsp3) is 0. The van der Waals surface area contributed by atoms with E-state index in [4.69, 9.17) is 30.6 Å².